The Morgan fingerprint density at radius 3 is 2.72 bits per heavy atom. The second-order valence-electron chi connectivity index (χ2n) is 5.96. The minimum atomic E-state index is 0.355. The van der Waals surface area contributed by atoms with E-state index >= 15 is 0 Å². The molecule has 1 N–H and O–H groups in total. The third-order valence-electron chi connectivity index (χ3n) is 4.31. The molecular formula is C15H21BrN2. The van der Waals surface area contributed by atoms with Crippen molar-refractivity contribution in [2.45, 2.75) is 31.8 Å². The van der Waals surface area contributed by atoms with Crippen LogP contribution in [0.3, 0.4) is 0 Å². The smallest absolute Gasteiger partial charge is 0.0309 e. The molecular weight excluding hydrogens is 288 g/mol. The number of benzene rings is 1. The van der Waals surface area contributed by atoms with Crippen molar-refractivity contribution >= 4 is 15.9 Å². The van der Waals surface area contributed by atoms with Gasteiger partial charge in [0.2, 0.25) is 0 Å². The van der Waals surface area contributed by atoms with Crippen molar-refractivity contribution in [3.05, 3.63) is 34.3 Å². The predicted octanol–water partition coefficient (Wildman–Crippen LogP) is 3.02. The van der Waals surface area contributed by atoms with E-state index in [1.807, 2.05) is 0 Å². The summed E-state index contributed by atoms with van der Waals surface area (Å²) in [5, 5.41) is 3.73. The van der Waals surface area contributed by atoms with Gasteiger partial charge in [0, 0.05) is 36.2 Å². The third kappa shape index (κ3) is 2.79. The van der Waals surface area contributed by atoms with Gasteiger partial charge in [0.15, 0.2) is 0 Å². The van der Waals surface area contributed by atoms with Crippen molar-refractivity contribution in [2.75, 3.05) is 19.6 Å². The third-order valence-corrected chi connectivity index (χ3v) is 4.84. The Kier molecular flexibility index (Phi) is 3.48. The van der Waals surface area contributed by atoms with E-state index in [9.17, 15) is 0 Å². The molecule has 1 heterocycles. The Hall–Kier alpha value is -0.380. The van der Waals surface area contributed by atoms with Crippen LogP contribution in [0.2, 0.25) is 0 Å². The molecule has 1 unspecified atom stereocenters. The van der Waals surface area contributed by atoms with Crippen molar-refractivity contribution in [3.63, 3.8) is 0 Å². The van der Waals surface area contributed by atoms with Gasteiger partial charge in [-0.05, 0) is 43.4 Å². The first kappa shape index (κ1) is 12.6. The van der Waals surface area contributed by atoms with Crippen LogP contribution in [-0.2, 0) is 6.54 Å². The molecule has 1 saturated carbocycles. The van der Waals surface area contributed by atoms with Crippen LogP contribution in [0.5, 0.6) is 0 Å². The molecule has 18 heavy (non-hydrogen) atoms. The zero-order chi connectivity index (χ0) is 12.6. The zero-order valence-corrected chi connectivity index (χ0v) is 12.5. The fraction of sp³-hybridized carbons (Fsp3) is 0.600. The maximum absolute atomic E-state index is 3.73. The molecule has 98 valence electrons. The molecule has 0 aromatic heterocycles. The number of rotatable bonds is 3. The number of nitrogens with one attached hydrogen (secondary N) is 1. The van der Waals surface area contributed by atoms with E-state index in [1.54, 1.807) is 0 Å². The highest BCUT2D eigenvalue weighted by Gasteiger charge is 2.43. The van der Waals surface area contributed by atoms with Crippen LogP contribution in [0.4, 0.5) is 0 Å². The predicted molar refractivity (Wildman–Crippen MR) is 78.6 cm³/mol. The summed E-state index contributed by atoms with van der Waals surface area (Å²) in [5.41, 5.74) is 1.77. The van der Waals surface area contributed by atoms with Crippen molar-refractivity contribution in [1.82, 2.24) is 10.2 Å². The van der Waals surface area contributed by atoms with E-state index in [4.69, 9.17) is 0 Å². The van der Waals surface area contributed by atoms with Crippen LogP contribution in [0.15, 0.2) is 28.7 Å². The van der Waals surface area contributed by atoms with Gasteiger partial charge in [-0.1, -0.05) is 28.1 Å². The molecule has 3 heteroatoms. The average Bonchev–Trinajstić information content (AvgIpc) is 3.17. The zero-order valence-electron chi connectivity index (χ0n) is 11.0. The molecule has 2 aliphatic rings. The monoisotopic (exact) mass is 308 g/mol. The lowest BCUT2D eigenvalue weighted by Crippen LogP contribution is -2.59. The minimum absolute atomic E-state index is 0.355. The summed E-state index contributed by atoms with van der Waals surface area (Å²) in [4.78, 5) is 2.60. The van der Waals surface area contributed by atoms with E-state index in [-0.39, 0.29) is 0 Å². The molecule has 2 nitrogen and oxygen atoms in total. The molecule has 2 fully saturated rings. The van der Waals surface area contributed by atoms with Gasteiger partial charge in [0.1, 0.15) is 0 Å². The molecule has 0 radical (unpaired) electrons. The summed E-state index contributed by atoms with van der Waals surface area (Å²) in [6.45, 7) is 6.96. The maximum Gasteiger partial charge on any atom is 0.0309 e. The molecule has 1 aromatic carbocycles. The lowest BCUT2D eigenvalue weighted by molar-refractivity contribution is 0.121. The van der Waals surface area contributed by atoms with Crippen molar-refractivity contribution in [3.8, 4) is 0 Å². The average molecular weight is 309 g/mol. The SMILES string of the molecule is CC1(C2CC2)CN(Cc2ccc(Br)cc2)CCN1. The number of hydrogen-bond donors (Lipinski definition) is 1. The van der Waals surface area contributed by atoms with Crippen molar-refractivity contribution in [2.24, 2.45) is 5.92 Å². The molecule has 1 atom stereocenters. The number of nitrogens with zero attached hydrogens (tertiary/aromatic N) is 1. The normalized spacial score (nSPS) is 29.4. The van der Waals surface area contributed by atoms with Crippen LogP contribution in [0.25, 0.3) is 0 Å². The van der Waals surface area contributed by atoms with E-state index < -0.39 is 0 Å². The van der Waals surface area contributed by atoms with Crippen molar-refractivity contribution < 1.29 is 0 Å². The molecule has 0 bridgehead atoms. The quantitative estimate of drug-likeness (QED) is 0.923. The van der Waals surface area contributed by atoms with Crippen LogP contribution in [-0.4, -0.2) is 30.1 Å². The van der Waals surface area contributed by atoms with Gasteiger partial charge < -0.3 is 5.32 Å². The number of hydrogen-bond acceptors (Lipinski definition) is 2. The summed E-state index contributed by atoms with van der Waals surface area (Å²) in [5.74, 6) is 0.908. The first-order valence-electron chi connectivity index (χ1n) is 6.87. The second kappa shape index (κ2) is 4.95. The van der Waals surface area contributed by atoms with Crippen LogP contribution in [0, 0.1) is 5.92 Å². The summed E-state index contributed by atoms with van der Waals surface area (Å²) in [6, 6.07) is 8.72. The highest BCUT2D eigenvalue weighted by atomic mass is 79.9. The van der Waals surface area contributed by atoms with E-state index in [2.05, 4.69) is 57.3 Å². The van der Waals surface area contributed by atoms with Gasteiger partial charge >= 0.3 is 0 Å². The first-order chi connectivity index (χ1) is 8.66. The van der Waals surface area contributed by atoms with Gasteiger partial charge in [0.25, 0.3) is 0 Å². The largest absolute Gasteiger partial charge is 0.309 e. The molecule has 1 aliphatic heterocycles. The van der Waals surface area contributed by atoms with Gasteiger partial charge in [-0.15, -0.1) is 0 Å². The topological polar surface area (TPSA) is 15.3 Å². The highest BCUT2D eigenvalue weighted by molar-refractivity contribution is 9.10. The van der Waals surface area contributed by atoms with Crippen LogP contribution < -0.4 is 5.32 Å². The van der Waals surface area contributed by atoms with Gasteiger partial charge in [-0.2, -0.15) is 0 Å². The summed E-state index contributed by atoms with van der Waals surface area (Å²) >= 11 is 3.49. The Labute approximate surface area is 118 Å². The van der Waals surface area contributed by atoms with E-state index in [0.717, 1.165) is 23.5 Å². The maximum atomic E-state index is 3.73. The standard InChI is InChI=1S/C15H21BrN2/c1-15(13-4-5-13)11-18(9-8-17-15)10-12-2-6-14(16)7-3-12/h2-3,6-7,13,17H,4-5,8-11H2,1H3. The summed E-state index contributed by atoms with van der Waals surface area (Å²) in [6.07, 6.45) is 2.82. The number of halogens is 1. The van der Waals surface area contributed by atoms with E-state index in [0.29, 0.717) is 5.54 Å². The Balaban J connectivity index is 1.64. The fourth-order valence-corrected chi connectivity index (χ4v) is 3.34. The first-order valence-corrected chi connectivity index (χ1v) is 7.67. The van der Waals surface area contributed by atoms with Crippen LogP contribution >= 0.6 is 15.9 Å². The van der Waals surface area contributed by atoms with Gasteiger partial charge in [-0.3, -0.25) is 4.90 Å². The summed E-state index contributed by atoms with van der Waals surface area (Å²) < 4.78 is 1.16. The van der Waals surface area contributed by atoms with Gasteiger partial charge in [0.05, 0.1) is 0 Å². The Morgan fingerprint density at radius 2 is 2.06 bits per heavy atom. The van der Waals surface area contributed by atoms with Crippen molar-refractivity contribution in [1.29, 1.82) is 0 Å². The molecule has 0 spiro atoms. The van der Waals surface area contributed by atoms with Gasteiger partial charge in [-0.25, -0.2) is 0 Å². The summed E-state index contributed by atoms with van der Waals surface area (Å²) in [7, 11) is 0. The molecule has 1 aliphatic carbocycles. The lowest BCUT2D eigenvalue weighted by atomic mass is 9.92. The minimum Gasteiger partial charge on any atom is -0.309 e. The molecule has 0 amide bonds. The Bertz CT molecular complexity index is 413. The molecule has 1 aromatic rings. The fourth-order valence-electron chi connectivity index (χ4n) is 3.08. The molecule has 1 saturated heterocycles. The second-order valence-corrected chi connectivity index (χ2v) is 6.87. The highest BCUT2D eigenvalue weighted by Crippen LogP contribution is 2.40. The molecule has 3 rings (SSSR count). The number of piperazine rings is 1. The Morgan fingerprint density at radius 1 is 1.33 bits per heavy atom. The van der Waals surface area contributed by atoms with Crippen LogP contribution in [0.1, 0.15) is 25.3 Å². The van der Waals surface area contributed by atoms with E-state index in [1.165, 1.54) is 31.5 Å². The lowest BCUT2D eigenvalue weighted by Gasteiger charge is -2.42.